The van der Waals surface area contributed by atoms with Gasteiger partial charge in [0, 0.05) is 24.5 Å². The maximum atomic E-state index is 9.94. The number of piperidine rings is 1. The Balaban J connectivity index is 2.03. The fraction of sp³-hybridized carbons (Fsp3) is 0.545. The largest absolute Gasteiger partial charge is 0.387 e. The quantitative estimate of drug-likeness (QED) is 0.386. The van der Waals surface area contributed by atoms with Crippen molar-refractivity contribution in [1.29, 1.82) is 5.41 Å². The van der Waals surface area contributed by atoms with Gasteiger partial charge < -0.3 is 15.4 Å². The lowest BCUT2D eigenvalue weighted by atomic mass is 9.80. The molecule has 0 amide bonds. The van der Waals surface area contributed by atoms with Gasteiger partial charge in [0.1, 0.15) is 0 Å². The number of allylic oxidation sites excluding steroid dienone is 6. The predicted molar refractivity (Wildman–Crippen MR) is 156 cm³/mol. The topological polar surface area (TPSA) is 47.3 Å². The van der Waals surface area contributed by atoms with Crippen LogP contribution in [0, 0.1) is 18.3 Å². The van der Waals surface area contributed by atoms with Gasteiger partial charge in [-0.1, -0.05) is 64.1 Å². The smallest absolute Gasteiger partial charge is 0.0902 e. The molecule has 1 heterocycles. The second-order valence-electron chi connectivity index (χ2n) is 11.2. The summed E-state index contributed by atoms with van der Waals surface area (Å²) in [6, 6.07) is 7.13. The Morgan fingerprint density at radius 2 is 1.86 bits per heavy atom. The van der Waals surface area contributed by atoms with Crippen molar-refractivity contribution >= 4 is 11.3 Å². The highest BCUT2D eigenvalue weighted by Gasteiger charge is 2.25. The summed E-state index contributed by atoms with van der Waals surface area (Å²) in [5, 5.41) is 18.4. The minimum Gasteiger partial charge on any atom is -0.387 e. The second-order valence-corrected chi connectivity index (χ2v) is 11.2. The summed E-state index contributed by atoms with van der Waals surface area (Å²) in [6.45, 7) is 19.1. The van der Waals surface area contributed by atoms with Crippen LogP contribution in [0.1, 0.15) is 102 Å². The molecule has 1 atom stereocenters. The molecular formula is C33H48N2O. The molecule has 1 aromatic carbocycles. The molecule has 0 radical (unpaired) electrons. The first-order valence-electron chi connectivity index (χ1n) is 14.1. The first kappa shape index (κ1) is 28.2. The van der Waals surface area contributed by atoms with Crippen LogP contribution < -0.4 is 0 Å². The van der Waals surface area contributed by atoms with Crippen molar-refractivity contribution in [1.82, 2.24) is 4.90 Å². The van der Waals surface area contributed by atoms with Crippen molar-refractivity contribution in [3.05, 3.63) is 76.0 Å². The van der Waals surface area contributed by atoms with Gasteiger partial charge in [-0.3, -0.25) is 0 Å². The Labute approximate surface area is 220 Å². The SMILES string of the molecule is C=C(C(C)O)N1CCC(c2ccc(C)c(/C(=C(CCC)/C3=C/CCCC(=N)/C(C)=C\3)C(C)C)c2)CC1. The molecule has 3 nitrogen and oxygen atoms in total. The van der Waals surface area contributed by atoms with E-state index in [1.807, 2.05) is 0 Å². The van der Waals surface area contributed by atoms with E-state index >= 15 is 0 Å². The number of likely N-dealkylation sites (tertiary alicyclic amines) is 1. The van der Waals surface area contributed by atoms with Gasteiger partial charge in [-0.15, -0.1) is 0 Å². The van der Waals surface area contributed by atoms with Gasteiger partial charge in [0.25, 0.3) is 0 Å². The van der Waals surface area contributed by atoms with E-state index in [0.717, 1.165) is 75.0 Å². The average molecular weight is 489 g/mol. The number of hydrogen-bond donors (Lipinski definition) is 2. The van der Waals surface area contributed by atoms with Crippen molar-refractivity contribution in [2.45, 2.75) is 98.5 Å². The second kappa shape index (κ2) is 12.7. The molecule has 1 unspecified atom stereocenters. The average Bonchev–Trinajstić information content (AvgIpc) is 2.84. The first-order valence-corrected chi connectivity index (χ1v) is 14.1. The molecule has 0 bridgehead atoms. The third kappa shape index (κ3) is 6.68. The zero-order valence-corrected chi connectivity index (χ0v) is 23.6. The van der Waals surface area contributed by atoms with E-state index in [1.165, 1.54) is 33.4 Å². The van der Waals surface area contributed by atoms with Gasteiger partial charge in [-0.05, 0) is 110 Å². The van der Waals surface area contributed by atoms with Crippen LogP contribution in [-0.4, -0.2) is 34.9 Å². The molecule has 0 spiro atoms. The predicted octanol–water partition coefficient (Wildman–Crippen LogP) is 8.35. The lowest BCUT2D eigenvalue weighted by Crippen LogP contribution is -2.35. The number of benzene rings is 1. The van der Waals surface area contributed by atoms with Crippen LogP contribution in [0.5, 0.6) is 0 Å². The lowest BCUT2D eigenvalue weighted by Gasteiger charge is -2.36. The van der Waals surface area contributed by atoms with E-state index in [9.17, 15) is 5.11 Å². The maximum absolute atomic E-state index is 9.94. The van der Waals surface area contributed by atoms with Crippen molar-refractivity contribution in [2.75, 3.05) is 13.1 Å². The molecule has 3 rings (SSSR count). The molecule has 1 saturated heterocycles. The summed E-state index contributed by atoms with van der Waals surface area (Å²) in [6.07, 6.45) is 11.5. The van der Waals surface area contributed by atoms with Crippen LogP contribution in [0.3, 0.4) is 0 Å². The summed E-state index contributed by atoms with van der Waals surface area (Å²) >= 11 is 0. The molecule has 3 heteroatoms. The summed E-state index contributed by atoms with van der Waals surface area (Å²) in [4.78, 5) is 2.25. The summed E-state index contributed by atoms with van der Waals surface area (Å²) in [7, 11) is 0. The number of aliphatic hydroxyl groups excluding tert-OH is 1. The fourth-order valence-corrected chi connectivity index (χ4v) is 5.78. The van der Waals surface area contributed by atoms with Gasteiger partial charge in [-0.25, -0.2) is 0 Å². The molecule has 1 aliphatic heterocycles. The molecule has 2 N–H and O–H groups in total. The molecule has 1 aliphatic carbocycles. The summed E-state index contributed by atoms with van der Waals surface area (Å²) < 4.78 is 0. The van der Waals surface area contributed by atoms with Crippen molar-refractivity contribution in [3.63, 3.8) is 0 Å². The molecular weight excluding hydrogens is 440 g/mol. The van der Waals surface area contributed by atoms with Crippen LogP contribution in [0.4, 0.5) is 0 Å². The minimum atomic E-state index is -0.479. The summed E-state index contributed by atoms with van der Waals surface area (Å²) in [5.41, 5.74) is 11.2. The van der Waals surface area contributed by atoms with Gasteiger partial charge in [0.05, 0.1) is 6.10 Å². The fourth-order valence-electron chi connectivity index (χ4n) is 5.78. The van der Waals surface area contributed by atoms with E-state index < -0.39 is 6.10 Å². The Kier molecular flexibility index (Phi) is 9.96. The van der Waals surface area contributed by atoms with Gasteiger partial charge in [0.2, 0.25) is 0 Å². The molecule has 0 saturated carbocycles. The van der Waals surface area contributed by atoms with Crippen molar-refractivity contribution in [2.24, 2.45) is 5.92 Å². The normalized spacial score (nSPS) is 22.2. The lowest BCUT2D eigenvalue weighted by molar-refractivity contribution is 0.160. The van der Waals surface area contributed by atoms with E-state index in [0.29, 0.717) is 11.8 Å². The van der Waals surface area contributed by atoms with Crippen LogP contribution in [0.2, 0.25) is 0 Å². The molecule has 36 heavy (non-hydrogen) atoms. The minimum absolute atomic E-state index is 0.413. The molecule has 1 aromatic rings. The summed E-state index contributed by atoms with van der Waals surface area (Å²) in [5.74, 6) is 0.949. The standard InChI is InChI=1S/C33H48N2O/c1-8-11-30(29-12-9-10-13-32(34)24(5)20-29)33(22(2)3)31-21-28(15-14-23(31)4)27-16-18-35(19-17-27)25(6)26(7)36/h12,14-15,20-22,26-27,34,36H,6,8-11,13,16-19H2,1-5,7H3/b24-20-,29-12+,33-30+,34-32?. The Hall–Kier alpha value is -2.39. The third-order valence-corrected chi connectivity index (χ3v) is 8.00. The van der Waals surface area contributed by atoms with Crippen LogP contribution >= 0.6 is 0 Å². The van der Waals surface area contributed by atoms with E-state index in [2.05, 4.69) is 76.4 Å². The number of aliphatic hydroxyl groups is 1. The number of rotatable bonds is 8. The molecule has 2 aliphatic rings. The molecule has 0 aromatic heterocycles. The van der Waals surface area contributed by atoms with Crippen LogP contribution in [-0.2, 0) is 0 Å². The van der Waals surface area contributed by atoms with Crippen molar-refractivity contribution < 1.29 is 5.11 Å². The van der Waals surface area contributed by atoms with Gasteiger partial charge in [-0.2, -0.15) is 0 Å². The highest BCUT2D eigenvalue weighted by molar-refractivity contribution is 5.98. The zero-order chi connectivity index (χ0) is 26.4. The van der Waals surface area contributed by atoms with Crippen LogP contribution in [0.25, 0.3) is 5.57 Å². The van der Waals surface area contributed by atoms with E-state index in [1.54, 1.807) is 6.92 Å². The Bertz CT molecular complexity index is 1050. The van der Waals surface area contributed by atoms with Crippen LogP contribution in [0.15, 0.2) is 59.3 Å². The third-order valence-electron chi connectivity index (χ3n) is 8.00. The van der Waals surface area contributed by atoms with E-state index in [4.69, 9.17) is 5.41 Å². The molecule has 1 fully saturated rings. The number of aryl methyl sites for hydroxylation is 1. The van der Waals surface area contributed by atoms with Gasteiger partial charge in [0.15, 0.2) is 0 Å². The zero-order valence-electron chi connectivity index (χ0n) is 23.6. The first-order chi connectivity index (χ1) is 17.1. The van der Waals surface area contributed by atoms with Gasteiger partial charge >= 0.3 is 0 Å². The highest BCUT2D eigenvalue weighted by atomic mass is 16.3. The van der Waals surface area contributed by atoms with Crippen molar-refractivity contribution in [3.8, 4) is 0 Å². The highest BCUT2D eigenvalue weighted by Crippen LogP contribution is 2.39. The number of nitrogens with one attached hydrogen (secondary N) is 1. The number of nitrogens with zero attached hydrogens (tertiary/aromatic N) is 1. The Morgan fingerprint density at radius 3 is 2.47 bits per heavy atom. The maximum Gasteiger partial charge on any atom is 0.0902 e. The van der Waals surface area contributed by atoms with E-state index in [-0.39, 0.29) is 0 Å². The monoisotopic (exact) mass is 488 g/mol. The Morgan fingerprint density at radius 1 is 1.17 bits per heavy atom. The molecule has 196 valence electrons. The number of hydrogen-bond acceptors (Lipinski definition) is 3.